The molecule has 7 heteroatoms. The molecule has 4 aromatic rings. The second kappa shape index (κ2) is 9.39. The summed E-state index contributed by atoms with van der Waals surface area (Å²) in [5.41, 5.74) is 2.49. The van der Waals surface area contributed by atoms with Crippen molar-refractivity contribution in [3.8, 4) is 0 Å². The number of carbonyl (C=O) groups is 2. The first kappa shape index (κ1) is 21.2. The highest BCUT2D eigenvalue weighted by Gasteiger charge is 2.12. The van der Waals surface area contributed by atoms with Gasteiger partial charge < -0.3 is 9.30 Å². The molecule has 5 nitrogen and oxygen atoms in total. The van der Waals surface area contributed by atoms with Gasteiger partial charge in [0.25, 0.3) is 5.91 Å². The third-order valence-electron chi connectivity index (χ3n) is 4.79. The number of halogens is 1. The van der Waals surface area contributed by atoms with Gasteiger partial charge in [-0.2, -0.15) is 4.99 Å². The Hall–Kier alpha value is -3.06. The molecule has 0 bridgehead atoms. The molecule has 0 spiro atoms. The van der Waals surface area contributed by atoms with Crippen LogP contribution in [0.25, 0.3) is 10.2 Å². The van der Waals surface area contributed by atoms with E-state index in [0.29, 0.717) is 39.7 Å². The van der Waals surface area contributed by atoms with Crippen molar-refractivity contribution >= 4 is 44.8 Å². The average molecular weight is 451 g/mol. The number of ether oxygens (including phenoxy) is 1. The van der Waals surface area contributed by atoms with E-state index in [2.05, 4.69) is 4.99 Å². The van der Waals surface area contributed by atoms with Crippen molar-refractivity contribution < 1.29 is 14.3 Å². The molecule has 1 heterocycles. The van der Waals surface area contributed by atoms with Crippen LogP contribution < -0.4 is 4.80 Å². The predicted molar refractivity (Wildman–Crippen MR) is 123 cm³/mol. The van der Waals surface area contributed by atoms with Crippen molar-refractivity contribution in [1.29, 1.82) is 0 Å². The number of benzene rings is 3. The molecule has 0 saturated carbocycles. The number of nitrogens with zero attached hydrogens (tertiary/aromatic N) is 2. The molecule has 0 N–H and O–H groups in total. The quantitative estimate of drug-likeness (QED) is 0.389. The molecule has 0 aliphatic carbocycles. The lowest BCUT2D eigenvalue weighted by Gasteiger charge is -2.04. The number of hydrogen-bond acceptors (Lipinski definition) is 4. The molecule has 0 unspecified atom stereocenters. The number of aromatic nitrogens is 1. The molecule has 0 fully saturated rings. The molecule has 0 aliphatic rings. The molecule has 0 saturated heterocycles. The summed E-state index contributed by atoms with van der Waals surface area (Å²) in [6.07, 6.45) is 0. The smallest absolute Gasteiger partial charge is 0.279 e. The fourth-order valence-corrected chi connectivity index (χ4v) is 4.53. The fourth-order valence-electron chi connectivity index (χ4n) is 3.20. The summed E-state index contributed by atoms with van der Waals surface area (Å²) >= 11 is 7.52. The normalized spacial score (nSPS) is 11.7. The topological polar surface area (TPSA) is 60.7 Å². The SMILES string of the molecule is COCCn1c(=NC(=O)c2ccc(C(=O)c3ccccc3)cc2)sc2cc(Cl)ccc21. The summed E-state index contributed by atoms with van der Waals surface area (Å²) < 4.78 is 8.10. The lowest BCUT2D eigenvalue weighted by molar-refractivity contribution is 0.0994. The van der Waals surface area contributed by atoms with E-state index in [9.17, 15) is 9.59 Å². The molecule has 3 aromatic carbocycles. The van der Waals surface area contributed by atoms with Crippen LogP contribution in [0.3, 0.4) is 0 Å². The standard InChI is InChI=1S/C24H19ClN2O3S/c1-30-14-13-27-20-12-11-19(25)15-21(20)31-24(27)26-23(29)18-9-7-17(8-10-18)22(28)16-5-3-2-4-6-16/h2-12,15H,13-14H2,1H3. The van der Waals surface area contributed by atoms with Gasteiger partial charge in [0.05, 0.1) is 16.8 Å². The van der Waals surface area contributed by atoms with Crippen molar-refractivity contribution in [2.75, 3.05) is 13.7 Å². The summed E-state index contributed by atoms with van der Waals surface area (Å²) in [5, 5.41) is 0.629. The fraction of sp³-hybridized carbons (Fsp3) is 0.125. The molecular formula is C24H19ClN2O3S. The van der Waals surface area contributed by atoms with E-state index in [0.717, 1.165) is 10.2 Å². The zero-order chi connectivity index (χ0) is 21.8. The largest absolute Gasteiger partial charge is 0.383 e. The minimum absolute atomic E-state index is 0.0877. The van der Waals surface area contributed by atoms with Gasteiger partial charge in [-0.15, -0.1) is 0 Å². The zero-order valence-corrected chi connectivity index (χ0v) is 18.3. The summed E-state index contributed by atoms with van der Waals surface area (Å²) in [6, 6.07) is 21.2. The first-order chi connectivity index (χ1) is 15.1. The first-order valence-electron chi connectivity index (χ1n) is 9.63. The Morgan fingerprint density at radius 1 is 0.968 bits per heavy atom. The Bertz CT molecular complexity index is 1310. The van der Waals surface area contributed by atoms with E-state index < -0.39 is 0 Å². The predicted octanol–water partition coefficient (Wildman–Crippen LogP) is 4.97. The van der Waals surface area contributed by atoms with Crippen LogP contribution in [0.15, 0.2) is 77.8 Å². The zero-order valence-electron chi connectivity index (χ0n) is 16.7. The van der Waals surface area contributed by atoms with Crippen LogP contribution in [-0.4, -0.2) is 30.0 Å². The van der Waals surface area contributed by atoms with Crippen molar-refractivity contribution in [3.63, 3.8) is 0 Å². The van der Waals surface area contributed by atoms with Gasteiger partial charge in [-0.25, -0.2) is 0 Å². The Morgan fingerprint density at radius 2 is 1.65 bits per heavy atom. The van der Waals surface area contributed by atoms with Crippen LogP contribution >= 0.6 is 22.9 Å². The van der Waals surface area contributed by atoms with E-state index >= 15 is 0 Å². The van der Waals surface area contributed by atoms with Crippen LogP contribution in [-0.2, 0) is 11.3 Å². The molecular weight excluding hydrogens is 432 g/mol. The van der Waals surface area contributed by atoms with Crippen molar-refractivity contribution in [2.24, 2.45) is 4.99 Å². The monoisotopic (exact) mass is 450 g/mol. The van der Waals surface area contributed by atoms with Gasteiger partial charge in [-0.3, -0.25) is 9.59 Å². The van der Waals surface area contributed by atoms with E-state index in [-0.39, 0.29) is 11.7 Å². The van der Waals surface area contributed by atoms with Crippen LogP contribution in [0.1, 0.15) is 26.3 Å². The van der Waals surface area contributed by atoms with Crippen LogP contribution in [0.4, 0.5) is 0 Å². The second-order valence-corrected chi connectivity index (χ2v) is 8.28. The van der Waals surface area contributed by atoms with Crippen LogP contribution in [0, 0.1) is 0 Å². The van der Waals surface area contributed by atoms with Crippen LogP contribution in [0.2, 0.25) is 5.02 Å². The lowest BCUT2D eigenvalue weighted by atomic mass is 10.0. The number of thiazole rings is 1. The van der Waals surface area contributed by atoms with E-state index in [1.165, 1.54) is 11.3 Å². The first-order valence-corrected chi connectivity index (χ1v) is 10.8. The molecule has 4 rings (SSSR count). The molecule has 156 valence electrons. The molecule has 0 radical (unpaired) electrons. The van der Waals surface area contributed by atoms with Gasteiger partial charge in [0, 0.05) is 35.4 Å². The molecule has 31 heavy (non-hydrogen) atoms. The summed E-state index contributed by atoms with van der Waals surface area (Å²) in [7, 11) is 1.63. The van der Waals surface area contributed by atoms with Crippen molar-refractivity contribution in [3.05, 3.63) is 99.3 Å². The van der Waals surface area contributed by atoms with Gasteiger partial charge in [0.15, 0.2) is 10.6 Å². The number of amides is 1. The second-order valence-electron chi connectivity index (χ2n) is 6.83. The minimum atomic E-state index is -0.373. The molecule has 0 atom stereocenters. The number of ketones is 1. The number of methoxy groups -OCH3 is 1. The molecule has 1 amide bonds. The highest BCUT2D eigenvalue weighted by Crippen LogP contribution is 2.22. The number of hydrogen-bond donors (Lipinski definition) is 0. The molecule has 0 aliphatic heterocycles. The van der Waals surface area contributed by atoms with Gasteiger partial charge in [0.1, 0.15) is 0 Å². The molecule has 1 aromatic heterocycles. The maximum atomic E-state index is 12.8. The number of carbonyl (C=O) groups excluding carboxylic acids is 2. The third-order valence-corrected chi connectivity index (χ3v) is 6.07. The number of fused-ring (bicyclic) bond motifs is 1. The third kappa shape index (κ3) is 4.66. The maximum absolute atomic E-state index is 12.8. The maximum Gasteiger partial charge on any atom is 0.279 e. The summed E-state index contributed by atoms with van der Waals surface area (Å²) in [6.45, 7) is 1.06. The Labute approximate surface area is 188 Å². The Kier molecular flexibility index (Phi) is 6.42. The van der Waals surface area contributed by atoms with E-state index in [1.54, 1.807) is 43.5 Å². The van der Waals surface area contributed by atoms with Crippen molar-refractivity contribution in [1.82, 2.24) is 4.57 Å². The van der Waals surface area contributed by atoms with Crippen molar-refractivity contribution in [2.45, 2.75) is 6.54 Å². The highest BCUT2D eigenvalue weighted by atomic mass is 35.5. The van der Waals surface area contributed by atoms with Gasteiger partial charge in [0.2, 0.25) is 0 Å². The Balaban J connectivity index is 1.65. The van der Waals surface area contributed by atoms with Crippen LogP contribution in [0.5, 0.6) is 0 Å². The number of rotatable bonds is 6. The lowest BCUT2D eigenvalue weighted by Crippen LogP contribution is -2.19. The van der Waals surface area contributed by atoms with E-state index in [4.69, 9.17) is 16.3 Å². The summed E-state index contributed by atoms with van der Waals surface area (Å²) in [4.78, 5) is 30.3. The van der Waals surface area contributed by atoms with Gasteiger partial charge >= 0.3 is 0 Å². The van der Waals surface area contributed by atoms with Gasteiger partial charge in [-0.1, -0.05) is 65.4 Å². The van der Waals surface area contributed by atoms with E-state index in [1.807, 2.05) is 41.0 Å². The average Bonchev–Trinajstić information content (AvgIpc) is 3.13. The highest BCUT2D eigenvalue weighted by molar-refractivity contribution is 7.16. The summed E-state index contributed by atoms with van der Waals surface area (Å²) in [5.74, 6) is -0.460. The minimum Gasteiger partial charge on any atom is -0.383 e. The van der Waals surface area contributed by atoms with Gasteiger partial charge in [-0.05, 0) is 30.3 Å². The Morgan fingerprint density at radius 3 is 2.35 bits per heavy atom.